The number of hydrogen-bond acceptors (Lipinski definition) is 5. The lowest BCUT2D eigenvalue weighted by Crippen LogP contribution is -2.46. The number of aromatic nitrogens is 1. The Labute approximate surface area is 156 Å². The first-order valence-corrected chi connectivity index (χ1v) is 9.75. The molecule has 2 saturated heterocycles. The zero-order valence-electron chi connectivity index (χ0n) is 14.7. The van der Waals surface area contributed by atoms with Crippen LogP contribution in [0.4, 0.5) is 5.69 Å². The summed E-state index contributed by atoms with van der Waals surface area (Å²) in [6.07, 6.45) is 4.04. The number of carbonyl (C=O) groups is 2. The number of piperidine rings is 1. The number of rotatable bonds is 4. The van der Waals surface area contributed by atoms with Crippen molar-refractivity contribution >= 4 is 28.8 Å². The normalized spacial score (nSPS) is 24.3. The second kappa shape index (κ2) is 7.17. The highest BCUT2D eigenvalue weighted by molar-refractivity contribution is 7.17. The van der Waals surface area contributed by atoms with Gasteiger partial charge < -0.3 is 15.5 Å². The lowest BCUT2D eigenvalue weighted by Gasteiger charge is -2.30. The van der Waals surface area contributed by atoms with Gasteiger partial charge in [0.15, 0.2) is 5.01 Å². The molecule has 136 valence electrons. The first kappa shape index (κ1) is 17.2. The molecule has 1 aromatic carbocycles. The fourth-order valence-electron chi connectivity index (χ4n) is 3.88. The molecule has 2 fully saturated rings. The number of hydrogen-bond donors (Lipinski definition) is 2. The molecule has 3 heterocycles. The van der Waals surface area contributed by atoms with Gasteiger partial charge in [0.05, 0.1) is 4.88 Å². The highest BCUT2D eigenvalue weighted by Crippen LogP contribution is 2.29. The molecule has 2 amide bonds. The highest BCUT2D eigenvalue weighted by atomic mass is 32.1. The Morgan fingerprint density at radius 3 is 3.00 bits per heavy atom. The minimum absolute atomic E-state index is 0.0910. The van der Waals surface area contributed by atoms with Crippen LogP contribution in [-0.4, -0.2) is 47.4 Å². The highest BCUT2D eigenvalue weighted by Gasteiger charge is 2.33. The van der Waals surface area contributed by atoms with Crippen LogP contribution in [0.2, 0.25) is 0 Å². The third-order valence-corrected chi connectivity index (χ3v) is 6.01. The number of nitrogens with zero attached hydrogens (tertiary/aromatic N) is 2. The van der Waals surface area contributed by atoms with Crippen molar-refractivity contribution in [3.63, 3.8) is 0 Å². The van der Waals surface area contributed by atoms with Gasteiger partial charge in [-0.25, -0.2) is 4.98 Å². The average Bonchev–Trinajstić information content (AvgIpc) is 3.21. The molecule has 7 heteroatoms. The summed E-state index contributed by atoms with van der Waals surface area (Å²) in [4.78, 5) is 31.4. The van der Waals surface area contributed by atoms with E-state index in [2.05, 4.69) is 20.5 Å². The van der Waals surface area contributed by atoms with E-state index in [1.165, 1.54) is 31.2 Å². The molecule has 0 radical (unpaired) electrons. The molecule has 6 nitrogen and oxygen atoms in total. The second-order valence-corrected chi connectivity index (χ2v) is 8.14. The van der Waals surface area contributed by atoms with Crippen LogP contribution in [0.5, 0.6) is 0 Å². The second-order valence-electron chi connectivity index (χ2n) is 7.11. The standard InChI is InChI=1S/C19H22N4O2S/c1-12(24)21-15-4-2-3-14(8-15)17-9-20-19(26-17)18(25)22-16-7-13-5-6-23(10-13)11-16/h2-4,8-9,13,16H,5-7,10-11H2,1H3,(H,21,24)(H,22,25). The fourth-order valence-corrected chi connectivity index (χ4v) is 4.69. The van der Waals surface area contributed by atoms with Gasteiger partial charge in [-0.05, 0) is 43.0 Å². The minimum atomic E-state index is -0.108. The number of carbonyl (C=O) groups excluding carboxylic acids is 2. The topological polar surface area (TPSA) is 74.3 Å². The van der Waals surface area contributed by atoms with Crippen molar-refractivity contribution in [2.24, 2.45) is 5.92 Å². The Hall–Kier alpha value is -2.25. The molecule has 2 aliphatic rings. The quantitative estimate of drug-likeness (QED) is 0.868. The van der Waals surface area contributed by atoms with Gasteiger partial charge in [0.25, 0.3) is 5.91 Å². The van der Waals surface area contributed by atoms with Gasteiger partial charge in [0.1, 0.15) is 0 Å². The van der Waals surface area contributed by atoms with Crippen molar-refractivity contribution in [1.29, 1.82) is 0 Å². The summed E-state index contributed by atoms with van der Waals surface area (Å²) in [7, 11) is 0. The molecule has 2 bridgehead atoms. The number of thiazole rings is 1. The van der Waals surface area contributed by atoms with Crippen LogP contribution < -0.4 is 10.6 Å². The molecule has 3 atom stereocenters. The average molecular weight is 370 g/mol. The fraction of sp³-hybridized carbons (Fsp3) is 0.421. The molecule has 4 rings (SSSR count). The van der Waals surface area contributed by atoms with E-state index in [1.807, 2.05) is 24.3 Å². The predicted octanol–water partition coefficient (Wildman–Crippen LogP) is 2.59. The Morgan fingerprint density at radius 2 is 2.19 bits per heavy atom. The Balaban J connectivity index is 1.44. The molecule has 2 N–H and O–H groups in total. The summed E-state index contributed by atoms with van der Waals surface area (Å²) in [5.74, 6) is 0.521. The minimum Gasteiger partial charge on any atom is -0.346 e. The van der Waals surface area contributed by atoms with Crippen LogP contribution in [0.25, 0.3) is 10.4 Å². The first-order valence-electron chi connectivity index (χ1n) is 8.94. The van der Waals surface area contributed by atoms with Crippen LogP contribution in [0, 0.1) is 5.92 Å². The molecule has 0 saturated carbocycles. The predicted molar refractivity (Wildman–Crippen MR) is 102 cm³/mol. The number of benzene rings is 1. The molecule has 26 heavy (non-hydrogen) atoms. The van der Waals surface area contributed by atoms with Gasteiger partial charge >= 0.3 is 0 Å². The van der Waals surface area contributed by atoms with Crippen molar-refractivity contribution in [2.45, 2.75) is 25.8 Å². The smallest absolute Gasteiger partial charge is 0.280 e. The monoisotopic (exact) mass is 370 g/mol. The van der Waals surface area contributed by atoms with Gasteiger partial charge in [-0.2, -0.15) is 0 Å². The summed E-state index contributed by atoms with van der Waals surface area (Å²) in [5, 5.41) is 6.41. The third kappa shape index (κ3) is 3.78. The maximum Gasteiger partial charge on any atom is 0.280 e. The molecule has 1 aromatic heterocycles. The van der Waals surface area contributed by atoms with Crippen molar-refractivity contribution in [1.82, 2.24) is 15.2 Å². The molecular formula is C19H22N4O2S. The third-order valence-electron chi connectivity index (χ3n) is 4.97. The first-order chi connectivity index (χ1) is 12.6. The molecule has 0 spiro atoms. The maximum absolute atomic E-state index is 12.6. The van der Waals surface area contributed by atoms with E-state index in [1.54, 1.807) is 6.20 Å². The van der Waals surface area contributed by atoms with Crippen LogP contribution in [0.3, 0.4) is 0 Å². The van der Waals surface area contributed by atoms with Gasteiger partial charge in [-0.15, -0.1) is 11.3 Å². The van der Waals surface area contributed by atoms with E-state index in [4.69, 9.17) is 0 Å². The lowest BCUT2D eigenvalue weighted by atomic mass is 9.97. The zero-order chi connectivity index (χ0) is 18.1. The van der Waals surface area contributed by atoms with Crippen molar-refractivity contribution in [3.8, 4) is 10.4 Å². The molecule has 2 aliphatic heterocycles. The summed E-state index contributed by atoms with van der Waals surface area (Å²) in [6, 6.07) is 7.78. The van der Waals surface area contributed by atoms with E-state index < -0.39 is 0 Å². The maximum atomic E-state index is 12.6. The molecular weight excluding hydrogens is 348 g/mol. The summed E-state index contributed by atoms with van der Waals surface area (Å²) in [5.41, 5.74) is 1.68. The number of nitrogens with one attached hydrogen (secondary N) is 2. The summed E-state index contributed by atoms with van der Waals surface area (Å²) >= 11 is 1.38. The van der Waals surface area contributed by atoms with Crippen LogP contribution in [-0.2, 0) is 4.79 Å². The SMILES string of the molecule is CC(=O)Nc1cccc(-c2cnc(C(=O)NC3CC4CCN(C4)C3)s2)c1. The van der Waals surface area contributed by atoms with Crippen molar-refractivity contribution in [3.05, 3.63) is 35.5 Å². The molecule has 3 unspecified atom stereocenters. The van der Waals surface area contributed by atoms with E-state index in [9.17, 15) is 9.59 Å². The van der Waals surface area contributed by atoms with Crippen molar-refractivity contribution in [2.75, 3.05) is 25.0 Å². The number of amides is 2. The summed E-state index contributed by atoms with van der Waals surface area (Å²) < 4.78 is 0. The van der Waals surface area contributed by atoms with E-state index >= 15 is 0 Å². The lowest BCUT2D eigenvalue weighted by molar-refractivity contribution is -0.114. The molecule has 2 aromatic rings. The Bertz CT molecular complexity index is 822. The zero-order valence-corrected chi connectivity index (χ0v) is 15.5. The Kier molecular flexibility index (Phi) is 4.74. The number of fused-ring (bicyclic) bond motifs is 2. The van der Waals surface area contributed by atoms with E-state index in [-0.39, 0.29) is 17.9 Å². The van der Waals surface area contributed by atoms with E-state index in [0.717, 1.165) is 41.6 Å². The summed E-state index contributed by atoms with van der Waals surface area (Å²) in [6.45, 7) is 4.76. The van der Waals surface area contributed by atoms with Crippen LogP contribution >= 0.6 is 11.3 Å². The largest absolute Gasteiger partial charge is 0.346 e. The van der Waals surface area contributed by atoms with Gasteiger partial charge in [0.2, 0.25) is 5.91 Å². The van der Waals surface area contributed by atoms with Gasteiger partial charge in [0, 0.05) is 37.9 Å². The Morgan fingerprint density at radius 1 is 1.31 bits per heavy atom. The number of anilines is 1. The van der Waals surface area contributed by atoms with Gasteiger partial charge in [-0.1, -0.05) is 12.1 Å². The van der Waals surface area contributed by atoms with Crippen LogP contribution in [0.1, 0.15) is 29.6 Å². The van der Waals surface area contributed by atoms with Crippen molar-refractivity contribution < 1.29 is 9.59 Å². The molecule has 0 aliphatic carbocycles. The van der Waals surface area contributed by atoms with E-state index in [0.29, 0.717) is 5.01 Å². The van der Waals surface area contributed by atoms with Crippen LogP contribution in [0.15, 0.2) is 30.5 Å². The van der Waals surface area contributed by atoms with Gasteiger partial charge in [-0.3, -0.25) is 9.59 Å².